The van der Waals surface area contributed by atoms with E-state index in [0.29, 0.717) is 13.1 Å². The van der Waals surface area contributed by atoms with Crippen molar-refractivity contribution in [3.05, 3.63) is 0 Å². The number of carbonyl (C=O) groups is 2. The molecule has 0 aromatic heterocycles. The molecule has 1 aliphatic rings. The Labute approximate surface area is 76.6 Å². The van der Waals surface area contributed by atoms with Crippen LogP contribution in [0.5, 0.6) is 0 Å². The number of nitrogens with zero attached hydrogens (tertiary/aromatic N) is 2. The predicted molar refractivity (Wildman–Crippen MR) is 44.1 cm³/mol. The molecule has 1 rings (SSSR count). The molecule has 1 aliphatic heterocycles. The summed E-state index contributed by atoms with van der Waals surface area (Å²) in [6, 6.07) is -0.333. The Morgan fingerprint density at radius 1 is 1.60 bits per heavy atom. The molecule has 6 heteroatoms. The van der Waals surface area contributed by atoms with Crippen LogP contribution in [0.4, 0.5) is 9.59 Å². The average Bonchev–Trinajstić information content (AvgIpc) is 2.14. The van der Waals surface area contributed by atoms with Crippen molar-refractivity contribution in [3.63, 3.8) is 0 Å². The monoisotopic (exact) mass is 274 g/mol. The molecule has 1 fully saturated rings. The van der Waals surface area contributed by atoms with E-state index < -0.39 is 5.37 Å². The van der Waals surface area contributed by atoms with Crippen molar-refractivity contribution in [3.8, 4) is 0 Å². The molecule has 0 aliphatic carbocycles. The van der Waals surface area contributed by atoms with Gasteiger partial charge in [0.2, 0.25) is 0 Å². The third-order valence-corrected chi connectivity index (χ3v) is 2.27. The molecule has 0 radical (unpaired) electrons. The lowest BCUT2D eigenvalue weighted by atomic mass is 10.7. The first-order valence-corrected chi connectivity index (χ1v) is 3.91. The fourth-order valence-corrected chi connectivity index (χ4v) is 1.31. The standard InChI is InChI=1S/C4H4ClIN2O2/c5-3(9)7-1-2-8(6)4(7)10/h1-2H2. The summed E-state index contributed by atoms with van der Waals surface area (Å²) in [7, 11) is 0. The fourth-order valence-electron chi connectivity index (χ4n) is 0.673. The normalized spacial score (nSPS) is 18.4. The minimum atomic E-state index is -0.704. The lowest BCUT2D eigenvalue weighted by Gasteiger charge is -2.07. The van der Waals surface area contributed by atoms with E-state index in [1.807, 2.05) is 22.9 Å². The number of rotatable bonds is 0. The van der Waals surface area contributed by atoms with Gasteiger partial charge in [0.25, 0.3) is 0 Å². The van der Waals surface area contributed by atoms with Gasteiger partial charge in [-0.1, -0.05) is 0 Å². The van der Waals surface area contributed by atoms with Crippen LogP contribution in [0.15, 0.2) is 0 Å². The maximum atomic E-state index is 10.9. The van der Waals surface area contributed by atoms with E-state index in [4.69, 9.17) is 11.6 Å². The molecule has 0 aromatic rings. The average molecular weight is 274 g/mol. The molecule has 1 heterocycles. The Morgan fingerprint density at radius 2 is 2.20 bits per heavy atom. The third kappa shape index (κ3) is 1.34. The van der Waals surface area contributed by atoms with Gasteiger partial charge in [-0.2, -0.15) is 0 Å². The Balaban J connectivity index is 2.66. The summed E-state index contributed by atoms with van der Waals surface area (Å²) in [5.41, 5.74) is 0. The number of urea groups is 1. The van der Waals surface area contributed by atoms with Crippen LogP contribution in [-0.2, 0) is 0 Å². The molecule has 0 atom stereocenters. The molecule has 56 valence electrons. The first-order chi connectivity index (χ1) is 4.63. The van der Waals surface area contributed by atoms with Crippen LogP contribution < -0.4 is 0 Å². The van der Waals surface area contributed by atoms with Crippen LogP contribution in [0.1, 0.15) is 0 Å². The summed E-state index contributed by atoms with van der Waals surface area (Å²) in [5, 5.41) is -0.704. The summed E-state index contributed by atoms with van der Waals surface area (Å²) in [6.07, 6.45) is 0. The van der Waals surface area contributed by atoms with Gasteiger partial charge in [-0.3, -0.25) is 7.91 Å². The Morgan fingerprint density at radius 3 is 2.40 bits per heavy atom. The minimum absolute atomic E-state index is 0.333. The number of amides is 3. The van der Waals surface area contributed by atoms with Gasteiger partial charge in [-0.15, -0.1) is 0 Å². The lowest BCUT2D eigenvalue weighted by Crippen LogP contribution is -2.29. The minimum Gasteiger partial charge on any atom is -0.264 e. The first kappa shape index (κ1) is 8.06. The molecule has 0 aromatic carbocycles. The number of hydrogen-bond acceptors (Lipinski definition) is 2. The van der Waals surface area contributed by atoms with E-state index in [2.05, 4.69) is 0 Å². The third-order valence-electron chi connectivity index (χ3n) is 1.17. The topological polar surface area (TPSA) is 40.6 Å². The summed E-state index contributed by atoms with van der Waals surface area (Å²) in [4.78, 5) is 22.3. The molecule has 10 heavy (non-hydrogen) atoms. The molecule has 0 saturated carbocycles. The van der Waals surface area contributed by atoms with Crippen LogP contribution in [0.25, 0.3) is 0 Å². The predicted octanol–water partition coefficient (Wildman–Crippen LogP) is 1.43. The summed E-state index contributed by atoms with van der Waals surface area (Å²) in [6.45, 7) is 0.946. The molecule has 0 N–H and O–H groups in total. The van der Waals surface area contributed by atoms with Crippen molar-refractivity contribution < 1.29 is 9.59 Å². The summed E-state index contributed by atoms with van der Waals surface area (Å²) >= 11 is 6.92. The van der Waals surface area contributed by atoms with Crippen molar-refractivity contribution in [2.24, 2.45) is 0 Å². The molecule has 1 saturated heterocycles. The Kier molecular flexibility index (Phi) is 2.35. The highest BCUT2D eigenvalue weighted by Gasteiger charge is 2.30. The van der Waals surface area contributed by atoms with Gasteiger partial charge >= 0.3 is 11.4 Å². The van der Waals surface area contributed by atoms with Crippen LogP contribution in [0.2, 0.25) is 0 Å². The SMILES string of the molecule is O=C(Cl)N1CCN(I)C1=O. The quantitative estimate of drug-likeness (QED) is 0.290. The molecular formula is C4H4ClIN2O2. The first-order valence-electron chi connectivity index (χ1n) is 2.57. The molecule has 0 spiro atoms. The van der Waals surface area contributed by atoms with E-state index in [1.165, 1.54) is 3.11 Å². The van der Waals surface area contributed by atoms with Crippen molar-refractivity contribution in [2.45, 2.75) is 0 Å². The second-order valence-electron chi connectivity index (χ2n) is 1.77. The number of imide groups is 1. The van der Waals surface area contributed by atoms with Crippen molar-refractivity contribution in [1.29, 1.82) is 0 Å². The molecule has 0 bridgehead atoms. The van der Waals surface area contributed by atoms with Gasteiger partial charge in [-0.05, 0) is 11.6 Å². The zero-order chi connectivity index (χ0) is 7.72. The molecule has 4 nitrogen and oxygen atoms in total. The fraction of sp³-hybridized carbons (Fsp3) is 0.500. The maximum absolute atomic E-state index is 10.9. The van der Waals surface area contributed by atoms with E-state index in [-0.39, 0.29) is 6.03 Å². The van der Waals surface area contributed by atoms with Gasteiger partial charge in [0.05, 0.1) is 36.0 Å². The van der Waals surface area contributed by atoms with Crippen LogP contribution >= 0.6 is 34.5 Å². The van der Waals surface area contributed by atoms with Gasteiger partial charge in [0, 0.05) is 0 Å². The second-order valence-corrected chi connectivity index (χ2v) is 3.26. The highest BCUT2D eigenvalue weighted by atomic mass is 127. The van der Waals surface area contributed by atoms with Gasteiger partial charge in [0.15, 0.2) is 0 Å². The number of halogens is 2. The zero-order valence-electron chi connectivity index (χ0n) is 4.88. The Bertz CT molecular complexity index is 186. The summed E-state index contributed by atoms with van der Waals surface area (Å²) in [5.74, 6) is 0. The highest BCUT2D eigenvalue weighted by molar-refractivity contribution is 14.1. The van der Waals surface area contributed by atoms with E-state index >= 15 is 0 Å². The smallest absolute Gasteiger partial charge is 0.264 e. The Hall–Kier alpha value is -0.0400. The van der Waals surface area contributed by atoms with Gasteiger partial charge < -0.3 is 0 Å². The van der Waals surface area contributed by atoms with Crippen LogP contribution in [0, 0.1) is 0 Å². The van der Waals surface area contributed by atoms with E-state index in [0.717, 1.165) is 4.90 Å². The van der Waals surface area contributed by atoms with Crippen molar-refractivity contribution in [2.75, 3.05) is 13.1 Å². The molecule has 3 amide bonds. The number of carbonyl (C=O) groups excluding carboxylic acids is 2. The maximum Gasteiger partial charge on any atom is 0.336 e. The lowest BCUT2D eigenvalue weighted by molar-refractivity contribution is 0.208. The number of hydrogen-bond donors (Lipinski definition) is 0. The van der Waals surface area contributed by atoms with Crippen LogP contribution in [0.3, 0.4) is 0 Å². The summed E-state index contributed by atoms with van der Waals surface area (Å²) < 4.78 is 1.41. The van der Waals surface area contributed by atoms with Gasteiger partial charge in [0.1, 0.15) is 0 Å². The largest absolute Gasteiger partial charge is 0.336 e. The zero-order valence-corrected chi connectivity index (χ0v) is 7.79. The van der Waals surface area contributed by atoms with Gasteiger partial charge in [-0.25, -0.2) is 9.69 Å². The highest BCUT2D eigenvalue weighted by Crippen LogP contribution is 2.14. The van der Waals surface area contributed by atoms with E-state index in [1.54, 1.807) is 0 Å². The molecule has 0 unspecified atom stereocenters. The van der Waals surface area contributed by atoms with E-state index in [9.17, 15) is 9.59 Å². The second kappa shape index (κ2) is 2.91. The molecular weight excluding hydrogens is 270 g/mol. The van der Waals surface area contributed by atoms with Crippen molar-refractivity contribution >= 4 is 45.9 Å². The van der Waals surface area contributed by atoms with Crippen molar-refractivity contribution in [1.82, 2.24) is 8.01 Å². The van der Waals surface area contributed by atoms with Crippen LogP contribution in [-0.4, -0.2) is 32.5 Å².